The number of rotatable bonds is 3. The number of primary amides is 1. The van der Waals surface area contributed by atoms with Crippen molar-refractivity contribution < 1.29 is 9.59 Å². The van der Waals surface area contributed by atoms with E-state index < -0.39 is 5.91 Å². The zero-order chi connectivity index (χ0) is 14.7. The van der Waals surface area contributed by atoms with Gasteiger partial charge >= 0.3 is 0 Å². The molecule has 20 heavy (non-hydrogen) atoms. The highest BCUT2D eigenvalue weighted by Gasteiger charge is 2.11. The third kappa shape index (κ3) is 2.97. The van der Waals surface area contributed by atoms with Crippen LogP contribution in [0.1, 0.15) is 26.3 Å². The van der Waals surface area contributed by atoms with E-state index in [-0.39, 0.29) is 16.5 Å². The topological polar surface area (TPSA) is 72.2 Å². The second kappa shape index (κ2) is 5.75. The molecule has 0 fully saturated rings. The summed E-state index contributed by atoms with van der Waals surface area (Å²) < 4.78 is 0. The molecule has 0 saturated carbocycles. The molecule has 0 atom stereocenters. The molecular weight excluding hydrogens is 276 g/mol. The largest absolute Gasteiger partial charge is 0.366 e. The van der Waals surface area contributed by atoms with Crippen LogP contribution < -0.4 is 11.1 Å². The maximum absolute atomic E-state index is 12.1. The molecule has 0 unspecified atom stereocenters. The predicted molar refractivity (Wildman–Crippen MR) is 79.1 cm³/mol. The molecule has 0 spiro atoms. The Labute approximate surface area is 121 Å². The highest BCUT2D eigenvalue weighted by Crippen LogP contribution is 2.21. The van der Waals surface area contributed by atoms with E-state index in [4.69, 9.17) is 17.3 Å². The molecule has 0 aromatic heterocycles. The van der Waals surface area contributed by atoms with E-state index in [0.717, 1.165) is 5.56 Å². The molecule has 2 amide bonds. The van der Waals surface area contributed by atoms with Crippen LogP contribution >= 0.6 is 11.6 Å². The van der Waals surface area contributed by atoms with Crippen LogP contribution in [0, 0.1) is 6.92 Å². The number of amides is 2. The summed E-state index contributed by atoms with van der Waals surface area (Å²) in [5, 5.41) is 2.94. The smallest absolute Gasteiger partial charge is 0.255 e. The lowest BCUT2D eigenvalue weighted by Gasteiger charge is -2.09. The van der Waals surface area contributed by atoms with Gasteiger partial charge < -0.3 is 11.1 Å². The Morgan fingerprint density at radius 3 is 2.40 bits per heavy atom. The van der Waals surface area contributed by atoms with Crippen LogP contribution in [0.2, 0.25) is 5.02 Å². The van der Waals surface area contributed by atoms with Crippen molar-refractivity contribution in [2.75, 3.05) is 5.32 Å². The summed E-state index contributed by atoms with van der Waals surface area (Å²) in [4.78, 5) is 23.2. The lowest BCUT2D eigenvalue weighted by atomic mass is 10.1. The van der Waals surface area contributed by atoms with E-state index in [0.29, 0.717) is 11.3 Å². The second-order valence-electron chi connectivity index (χ2n) is 4.33. The fourth-order valence-corrected chi connectivity index (χ4v) is 2.09. The molecule has 0 aliphatic rings. The SMILES string of the molecule is Cc1ccccc1C(=O)Nc1ccc(C(N)=O)c(Cl)c1. The molecule has 0 aliphatic carbocycles. The van der Waals surface area contributed by atoms with Crippen molar-refractivity contribution in [1.82, 2.24) is 0 Å². The Hall–Kier alpha value is -2.33. The van der Waals surface area contributed by atoms with Crippen molar-refractivity contribution >= 4 is 29.1 Å². The number of aryl methyl sites for hydroxylation is 1. The van der Waals surface area contributed by atoms with Gasteiger partial charge in [0.25, 0.3) is 5.91 Å². The maximum Gasteiger partial charge on any atom is 0.255 e. The number of anilines is 1. The van der Waals surface area contributed by atoms with Crippen molar-refractivity contribution in [3.63, 3.8) is 0 Å². The van der Waals surface area contributed by atoms with E-state index in [1.165, 1.54) is 12.1 Å². The number of nitrogens with one attached hydrogen (secondary N) is 1. The minimum Gasteiger partial charge on any atom is -0.366 e. The number of nitrogens with two attached hydrogens (primary N) is 1. The zero-order valence-corrected chi connectivity index (χ0v) is 11.6. The molecular formula is C15H13ClN2O2. The Morgan fingerprint density at radius 1 is 1.10 bits per heavy atom. The van der Waals surface area contributed by atoms with Crippen LogP contribution in [-0.4, -0.2) is 11.8 Å². The molecule has 0 heterocycles. The summed E-state index contributed by atoms with van der Waals surface area (Å²) in [6.45, 7) is 1.86. The first-order valence-electron chi connectivity index (χ1n) is 5.95. The predicted octanol–water partition coefficient (Wildman–Crippen LogP) is 3.00. The molecule has 2 rings (SSSR count). The first kappa shape index (κ1) is 14.1. The number of carbonyl (C=O) groups is 2. The molecule has 2 aromatic carbocycles. The van der Waals surface area contributed by atoms with E-state index in [1.54, 1.807) is 18.2 Å². The number of carbonyl (C=O) groups excluding carboxylic acids is 2. The number of benzene rings is 2. The average molecular weight is 289 g/mol. The van der Waals surface area contributed by atoms with Gasteiger partial charge in [-0.3, -0.25) is 9.59 Å². The van der Waals surface area contributed by atoms with Crippen LogP contribution in [0.3, 0.4) is 0 Å². The molecule has 3 N–H and O–H groups in total. The Balaban J connectivity index is 2.23. The molecule has 0 saturated heterocycles. The Bertz CT molecular complexity index is 683. The summed E-state index contributed by atoms with van der Waals surface area (Å²) in [6.07, 6.45) is 0. The minimum absolute atomic E-state index is 0.208. The fourth-order valence-electron chi connectivity index (χ4n) is 1.82. The molecule has 2 aromatic rings. The highest BCUT2D eigenvalue weighted by molar-refractivity contribution is 6.34. The van der Waals surface area contributed by atoms with Gasteiger partial charge in [0.2, 0.25) is 5.91 Å². The summed E-state index contributed by atoms with van der Waals surface area (Å²) in [7, 11) is 0. The van der Waals surface area contributed by atoms with Gasteiger partial charge in [-0.15, -0.1) is 0 Å². The fraction of sp³-hybridized carbons (Fsp3) is 0.0667. The van der Waals surface area contributed by atoms with Gasteiger partial charge in [-0.05, 0) is 36.8 Å². The molecule has 5 heteroatoms. The lowest BCUT2D eigenvalue weighted by molar-refractivity contribution is 0.0998. The third-order valence-corrected chi connectivity index (χ3v) is 3.19. The maximum atomic E-state index is 12.1. The standard InChI is InChI=1S/C15H13ClN2O2/c1-9-4-2-3-5-11(9)15(20)18-10-6-7-12(14(17)19)13(16)8-10/h2-8H,1H3,(H2,17,19)(H,18,20). The molecule has 0 bridgehead atoms. The average Bonchev–Trinajstić information content (AvgIpc) is 2.38. The van der Waals surface area contributed by atoms with Crippen molar-refractivity contribution in [3.8, 4) is 0 Å². The van der Waals surface area contributed by atoms with E-state index in [2.05, 4.69) is 5.32 Å². The Kier molecular flexibility index (Phi) is 4.05. The molecule has 102 valence electrons. The van der Waals surface area contributed by atoms with Crippen LogP contribution in [-0.2, 0) is 0 Å². The van der Waals surface area contributed by atoms with E-state index in [9.17, 15) is 9.59 Å². The van der Waals surface area contributed by atoms with Crippen molar-refractivity contribution in [3.05, 3.63) is 64.2 Å². The monoisotopic (exact) mass is 288 g/mol. The van der Waals surface area contributed by atoms with Gasteiger partial charge in [0.05, 0.1) is 10.6 Å². The zero-order valence-electron chi connectivity index (χ0n) is 10.8. The van der Waals surface area contributed by atoms with Gasteiger partial charge in [-0.25, -0.2) is 0 Å². The van der Waals surface area contributed by atoms with Crippen molar-refractivity contribution in [2.24, 2.45) is 5.73 Å². The quantitative estimate of drug-likeness (QED) is 0.911. The molecule has 0 aliphatic heterocycles. The van der Waals surface area contributed by atoms with Gasteiger partial charge in [0, 0.05) is 11.3 Å². The van der Waals surface area contributed by atoms with Crippen molar-refractivity contribution in [2.45, 2.75) is 6.92 Å². The van der Waals surface area contributed by atoms with Gasteiger partial charge in [-0.2, -0.15) is 0 Å². The summed E-state index contributed by atoms with van der Waals surface area (Å²) in [5.41, 5.74) is 7.36. The first-order valence-corrected chi connectivity index (χ1v) is 6.33. The second-order valence-corrected chi connectivity index (χ2v) is 4.74. The third-order valence-electron chi connectivity index (χ3n) is 2.88. The minimum atomic E-state index is -0.605. The normalized spacial score (nSPS) is 10.1. The Morgan fingerprint density at radius 2 is 1.80 bits per heavy atom. The molecule has 0 radical (unpaired) electrons. The van der Waals surface area contributed by atoms with Crippen LogP contribution in [0.4, 0.5) is 5.69 Å². The number of hydrogen-bond acceptors (Lipinski definition) is 2. The van der Waals surface area contributed by atoms with Crippen LogP contribution in [0.15, 0.2) is 42.5 Å². The lowest BCUT2D eigenvalue weighted by Crippen LogP contribution is -2.14. The highest BCUT2D eigenvalue weighted by atomic mass is 35.5. The van der Waals surface area contributed by atoms with E-state index in [1.807, 2.05) is 19.1 Å². The number of hydrogen-bond donors (Lipinski definition) is 2. The number of halogens is 1. The van der Waals surface area contributed by atoms with Crippen molar-refractivity contribution in [1.29, 1.82) is 0 Å². The summed E-state index contributed by atoms with van der Waals surface area (Å²) >= 11 is 5.93. The van der Waals surface area contributed by atoms with Crippen LogP contribution in [0.25, 0.3) is 0 Å². The van der Waals surface area contributed by atoms with E-state index >= 15 is 0 Å². The summed E-state index contributed by atoms with van der Waals surface area (Å²) in [5.74, 6) is -0.835. The van der Waals surface area contributed by atoms with Gasteiger partial charge in [0.1, 0.15) is 0 Å². The van der Waals surface area contributed by atoms with Gasteiger partial charge in [-0.1, -0.05) is 29.8 Å². The van der Waals surface area contributed by atoms with Crippen LogP contribution in [0.5, 0.6) is 0 Å². The molecule has 4 nitrogen and oxygen atoms in total. The van der Waals surface area contributed by atoms with Gasteiger partial charge in [0.15, 0.2) is 0 Å². The summed E-state index contributed by atoms with van der Waals surface area (Å²) in [6, 6.07) is 11.8. The first-order chi connectivity index (χ1) is 9.49.